The van der Waals surface area contributed by atoms with Gasteiger partial charge in [-0.2, -0.15) is 0 Å². The highest BCUT2D eigenvalue weighted by Gasteiger charge is 2.06. The Bertz CT molecular complexity index is 422. The molecule has 0 saturated heterocycles. The second kappa shape index (κ2) is 3.59. The number of aliphatic hydroxyl groups is 1. The standard InChI is InChI=1S/C10H11N3O/c1-7-9(6-14)13-10(12-7)8-2-4-11-5-3-8/h2-5,14H,6H2,1H3,(H,12,13). The molecule has 0 fully saturated rings. The number of nitrogens with one attached hydrogen (secondary N) is 1. The molecule has 2 N–H and O–H groups in total. The zero-order valence-electron chi connectivity index (χ0n) is 7.86. The first kappa shape index (κ1) is 8.90. The van der Waals surface area contributed by atoms with E-state index in [1.807, 2.05) is 19.1 Å². The van der Waals surface area contributed by atoms with Crippen molar-refractivity contribution in [2.75, 3.05) is 0 Å². The third-order valence-corrected chi connectivity index (χ3v) is 2.09. The van der Waals surface area contributed by atoms with Crippen molar-refractivity contribution in [3.8, 4) is 11.4 Å². The van der Waals surface area contributed by atoms with Crippen molar-refractivity contribution in [3.05, 3.63) is 35.9 Å². The lowest BCUT2D eigenvalue weighted by Gasteiger charge is -1.93. The Balaban J connectivity index is 2.43. The van der Waals surface area contributed by atoms with Crippen LogP contribution >= 0.6 is 0 Å². The van der Waals surface area contributed by atoms with Gasteiger partial charge in [-0.15, -0.1) is 0 Å². The van der Waals surface area contributed by atoms with Crippen LogP contribution in [-0.4, -0.2) is 20.1 Å². The van der Waals surface area contributed by atoms with Gasteiger partial charge in [0.1, 0.15) is 5.82 Å². The van der Waals surface area contributed by atoms with Crippen LogP contribution in [-0.2, 0) is 6.61 Å². The van der Waals surface area contributed by atoms with Crippen LogP contribution in [0.25, 0.3) is 11.4 Å². The van der Waals surface area contributed by atoms with Gasteiger partial charge in [-0.25, -0.2) is 4.98 Å². The fourth-order valence-corrected chi connectivity index (χ4v) is 1.30. The average Bonchev–Trinajstić information content (AvgIpc) is 2.61. The Morgan fingerprint density at radius 1 is 1.36 bits per heavy atom. The fourth-order valence-electron chi connectivity index (χ4n) is 1.30. The predicted octanol–water partition coefficient (Wildman–Crippen LogP) is 1.27. The monoisotopic (exact) mass is 189 g/mol. The Hall–Kier alpha value is -1.68. The summed E-state index contributed by atoms with van der Waals surface area (Å²) in [7, 11) is 0. The number of aryl methyl sites for hydroxylation is 1. The maximum Gasteiger partial charge on any atom is 0.138 e. The van der Waals surface area contributed by atoms with Crippen molar-refractivity contribution >= 4 is 0 Å². The minimum Gasteiger partial charge on any atom is -0.390 e. The summed E-state index contributed by atoms with van der Waals surface area (Å²) < 4.78 is 0. The lowest BCUT2D eigenvalue weighted by Crippen LogP contribution is -1.85. The third-order valence-electron chi connectivity index (χ3n) is 2.09. The summed E-state index contributed by atoms with van der Waals surface area (Å²) in [6, 6.07) is 3.75. The lowest BCUT2D eigenvalue weighted by atomic mass is 10.2. The highest BCUT2D eigenvalue weighted by molar-refractivity contribution is 5.54. The Kier molecular flexibility index (Phi) is 2.28. The highest BCUT2D eigenvalue weighted by Crippen LogP contribution is 2.16. The van der Waals surface area contributed by atoms with Gasteiger partial charge in [0, 0.05) is 23.7 Å². The first-order valence-electron chi connectivity index (χ1n) is 4.38. The largest absolute Gasteiger partial charge is 0.390 e. The molecule has 0 aliphatic heterocycles. The third kappa shape index (κ3) is 1.52. The molecule has 0 spiro atoms. The van der Waals surface area contributed by atoms with E-state index in [9.17, 15) is 0 Å². The number of aromatic nitrogens is 3. The van der Waals surface area contributed by atoms with Crippen molar-refractivity contribution in [1.29, 1.82) is 0 Å². The maximum atomic E-state index is 8.98. The summed E-state index contributed by atoms with van der Waals surface area (Å²) in [5, 5.41) is 8.98. The molecule has 0 saturated carbocycles. The zero-order chi connectivity index (χ0) is 9.97. The quantitative estimate of drug-likeness (QED) is 0.747. The van der Waals surface area contributed by atoms with Gasteiger partial charge in [0.2, 0.25) is 0 Å². The van der Waals surface area contributed by atoms with E-state index in [-0.39, 0.29) is 6.61 Å². The van der Waals surface area contributed by atoms with Gasteiger partial charge >= 0.3 is 0 Å². The van der Waals surface area contributed by atoms with Crippen LogP contribution < -0.4 is 0 Å². The molecule has 0 unspecified atom stereocenters. The summed E-state index contributed by atoms with van der Waals surface area (Å²) in [5.41, 5.74) is 2.57. The van der Waals surface area contributed by atoms with Gasteiger partial charge in [0.15, 0.2) is 0 Å². The van der Waals surface area contributed by atoms with Crippen molar-refractivity contribution in [3.63, 3.8) is 0 Å². The molecular formula is C10H11N3O. The molecule has 0 aliphatic rings. The first-order valence-corrected chi connectivity index (χ1v) is 4.38. The Labute approximate surface area is 81.7 Å². The fraction of sp³-hybridized carbons (Fsp3) is 0.200. The molecule has 2 aromatic heterocycles. The van der Waals surface area contributed by atoms with Gasteiger partial charge in [0.05, 0.1) is 12.3 Å². The van der Waals surface area contributed by atoms with Crippen LogP contribution in [0.3, 0.4) is 0 Å². The molecule has 0 bridgehead atoms. The Morgan fingerprint density at radius 3 is 2.64 bits per heavy atom. The molecule has 2 heterocycles. The minimum atomic E-state index is -0.0343. The zero-order valence-corrected chi connectivity index (χ0v) is 7.86. The number of pyridine rings is 1. The predicted molar refractivity (Wildman–Crippen MR) is 52.5 cm³/mol. The van der Waals surface area contributed by atoms with E-state index < -0.39 is 0 Å². The number of aliphatic hydroxyl groups excluding tert-OH is 1. The molecule has 0 amide bonds. The van der Waals surface area contributed by atoms with Crippen molar-refractivity contribution in [2.24, 2.45) is 0 Å². The van der Waals surface area contributed by atoms with E-state index >= 15 is 0 Å². The summed E-state index contributed by atoms with van der Waals surface area (Å²) in [6.45, 7) is 1.86. The second-order valence-electron chi connectivity index (χ2n) is 3.05. The van der Waals surface area contributed by atoms with Gasteiger partial charge in [-0.05, 0) is 19.1 Å². The summed E-state index contributed by atoms with van der Waals surface area (Å²) in [6.07, 6.45) is 3.43. The molecule has 4 nitrogen and oxygen atoms in total. The van der Waals surface area contributed by atoms with E-state index in [0.717, 1.165) is 17.1 Å². The number of hydrogen-bond acceptors (Lipinski definition) is 3. The van der Waals surface area contributed by atoms with E-state index in [4.69, 9.17) is 5.11 Å². The van der Waals surface area contributed by atoms with Crippen LogP contribution in [0.4, 0.5) is 0 Å². The molecule has 2 aromatic rings. The summed E-state index contributed by atoms with van der Waals surface area (Å²) in [4.78, 5) is 11.3. The summed E-state index contributed by atoms with van der Waals surface area (Å²) in [5.74, 6) is 0.772. The van der Waals surface area contributed by atoms with Crippen molar-refractivity contribution < 1.29 is 5.11 Å². The molecule has 4 heteroatoms. The maximum absolute atomic E-state index is 8.98. The molecule has 0 atom stereocenters. The molecule has 0 radical (unpaired) electrons. The number of hydrogen-bond donors (Lipinski definition) is 2. The average molecular weight is 189 g/mol. The number of imidazole rings is 1. The molecular weight excluding hydrogens is 178 g/mol. The van der Waals surface area contributed by atoms with Gasteiger partial charge < -0.3 is 10.1 Å². The normalized spacial score (nSPS) is 10.4. The first-order chi connectivity index (χ1) is 6.81. The molecule has 72 valence electrons. The second-order valence-corrected chi connectivity index (χ2v) is 3.05. The van der Waals surface area contributed by atoms with Gasteiger partial charge in [-0.1, -0.05) is 0 Å². The number of H-pyrrole nitrogens is 1. The van der Waals surface area contributed by atoms with E-state index in [1.165, 1.54) is 0 Å². The van der Waals surface area contributed by atoms with Crippen LogP contribution in [0.15, 0.2) is 24.5 Å². The van der Waals surface area contributed by atoms with Crippen LogP contribution in [0.1, 0.15) is 11.4 Å². The van der Waals surface area contributed by atoms with E-state index in [2.05, 4.69) is 15.0 Å². The lowest BCUT2D eigenvalue weighted by molar-refractivity contribution is 0.276. The van der Waals surface area contributed by atoms with Gasteiger partial charge in [0.25, 0.3) is 0 Å². The molecule has 0 aliphatic carbocycles. The van der Waals surface area contributed by atoms with E-state index in [1.54, 1.807) is 12.4 Å². The topological polar surface area (TPSA) is 61.8 Å². The van der Waals surface area contributed by atoms with Crippen molar-refractivity contribution in [2.45, 2.75) is 13.5 Å². The molecule has 2 rings (SSSR count). The smallest absolute Gasteiger partial charge is 0.138 e. The number of aromatic amines is 1. The van der Waals surface area contributed by atoms with Crippen LogP contribution in [0.5, 0.6) is 0 Å². The SMILES string of the molecule is Cc1[nH]c(-c2ccncc2)nc1CO. The molecule has 0 aromatic carbocycles. The molecule has 14 heavy (non-hydrogen) atoms. The van der Waals surface area contributed by atoms with Crippen LogP contribution in [0, 0.1) is 6.92 Å². The Morgan fingerprint density at radius 2 is 2.07 bits per heavy atom. The van der Waals surface area contributed by atoms with E-state index in [0.29, 0.717) is 5.69 Å². The summed E-state index contributed by atoms with van der Waals surface area (Å²) >= 11 is 0. The van der Waals surface area contributed by atoms with Crippen molar-refractivity contribution in [1.82, 2.24) is 15.0 Å². The van der Waals surface area contributed by atoms with Gasteiger partial charge in [-0.3, -0.25) is 4.98 Å². The minimum absolute atomic E-state index is 0.0343. The number of nitrogens with zero attached hydrogens (tertiary/aromatic N) is 2. The highest BCUT2D eigenvalue weighted by atomic mass is 16.3. The number of rotatable bonds is 2. The van der Waals surface area contributed by atoms with Crippen LogP contribution in [0.2, 0.25) is 0 Å².